The Morgan fingerprint density at radius 1 is 1.14 bits per heavy atom. The zero-order valence-corrected chi connectivity index (χ0v) is 19.7. The lowest BCUT2D eigenvalue weighted by molar-refractivity contribution is 0.0528. The molecule has 2 atom stereocenters. The third-order valence-electron chi connectivity index (χ3n) is 5.09. The summed E-state index contributed by atoms with van der Waals surface area (Å²) >= 11 is 7.33. The molecule has 0 aliphatic rings. The quantitative estimate of drug-likeness (QED) is 0.382. The van der Waals surface area contributed by atoms with Gasteiger partial charge in [0.25, 0.3) is 0 Å². The number of hydrogen-bond acceptors (Lipinski definition) is 4. The largest absolute Gasteiger partial charge is 0.462 e. The van der Waals surface area contributed by atoms with Crippen LogP contribution in [0.2, 0.25) is 0 Å². The van der Waals surface area contributed by atoms with Crippen molar-refractivity contribution in [2.75, 3.05) is 11.9 Å². The fourth-order valence-corrected chi connectivity index (χ4v) is 4.77. The molecule has 2 unspecified atom stereocenters. The van der Waals surface area contributed by atoms with Crippen LogP contribution in [0, 0.1) is 0 Å². The summed E-state index contributed by atoms with van der Waals surface area (Å²) in [5, 5.41) is 4.78. The van der Waals surface area contributed by atoms with Crippen LogP contribution in [0.3, 0.4) is 0 Å². The van der Waals surface area contributed by atoms with Crippen molar-refractivity contribution < 1.29 is 9.53 Å². The summed E-state index contributed by atoms with van der Waals surface area (Å²) in [6.07, 6.45) is 2.77. The van der Waals surface area contributed by atoms with Crippen LogP contribution >= 0.6 is 23.6 Å². The summed E-state index contributed by atoms with van der Waals surface area (Å²) in [7, 11) is 0. The molecule has 0 bridgehead atoms. The van der Waals surface area contributed by atoms with Crippen molar-refractivity contribution in [3.05, 3.63) is 52.4 Å². The van der Waals surface area contributed by atoms with Gasteiger partial charge in [-0.25, -0.2) is 4.79 Å². The summed E-state index contributed by atoms with van der Waals surface area (Å²) in [5.74, 6) is -0.313. The van der Waals surface area contributed by atoms with Gasteiger partial charge in [0.2, 0.25) is 0 Å². The summed E-state index contributed by atoms with van der Waals surface area (Å²) in [6, 6.07) is 12.8. The van der Waals surface area contributed by atoms with Crippen LogP contribution in [0.25, 0.3) is 0 Å². The number of thiophene rings is 1. The number of esters is 1. The summed E-state index contributed by atoms with van der Waals surface area (Å²) in [6.45, 7) is 10.9. The molecule has 158 valence electrons. The van der Waals surface area contributed by atoms with E-state index in [1.54, 1.807) is 11.3 Å². The Balaban J connectivity index is 2.30. The molecule has 6 heteroatoms. The lowest BCUT2D eigenvalue weighted by Gasteiger charge is -2.36. The number of nitrogens with zero attached hydrogens (tertiary/aromatic N) is 1. The molecule has 1 aromatic heterocycles. The van der Waals surface area contributed by atoms with Crippen molar-refractivity contribution in [2.45, 2.75) is 66.0 Å². The van der Waals surface area contributed by atoms with E-state index in [2.05, 4.69) is 50.0 Å². The highest BCUT2D eigenvalue weighted by Crippen LogP contribution is 2.31. The van der Waals surface area contributed by atoms with Crippen molar-refractivity contribution in [2.24, 2.45) is 0 Å². The number of carbonyl (C=O) groups is 1. The van der Waals surface area contributed by atoms with Gasteiger partial charge in [-0.15, -0.1) is 11.3 Å². The third-order valence-corrected chi connectivity index (χ3v) is 6.45. The van der Waals surface area contributed by atoms with Crippen LogP contribution in [0.4, 0.5) is 5.00 Å². The molecule has 0 radical (unpaired) electrons. The number of thiocarbonyl (C=S) groups is 1. The van der Waals surface area contributed by atoms with Crippen LogP contribution in [0.1, 0.15) is 68.3 Å². The SMILES string of the molecule is CCOC(=O)c1cc(Cc2ccccc2)sc1NC(=S)N(C(C)CC)C(C)CC. The average molecular weight is 433 g/mol. The van der Waals surface area contributed by atoms with Crippen molar-refractivity contribution in [1.29, 1.82) is 0 Å². The zero-order valence-electron chi connectivity index (χ0n) is 18.0. The maximum atomic E-state index is 12.6. The Bertz CT molecular complexity index is 794. The van der Waals surface area contributed by atoms with E-state index in [1.165, 1.54) is 5.56 Å². The van der Waals surface area contributed by atoms with E-state index in [0.717, 1.165) is 29.1 Å². The van der Waals surface area contributed by atoms with Crippen molar-refractivity contribution in [1.82, 2.24) is 4.90 Å². The molecule has 4 nitrogen and oxygen atoms in total. The fraction of sp³-hybridized carbons (Fsp3) is 0.478. The van der Waals surface area contributed by atoms with Gasteiger partial charge in [-0.2, -0.15) is 0 Å². The fourth-order valence-electron chi connectivity index (χ4n) is 3.17. The van der Waals surface area contributed by atoms with Crippen LogP contribution in [0.5, 0.6) is 0 Å². The standard InChI is InChI=1S/C23H32N2O2S2/c1-6-16(4)25(17(5)7-2)23(28)24-21-20(22(26)27-8-3)15-19(29-21)14-18-12-10-9-11-13-18/h9-13,15-17H,6-8,14H2,1-5H3,(H,24,28). The molecule has 0 fully saturated rings. The molecule has 2 rings (SSSR count). The molecule has 0 saturated carbocycles. The highest BCUT2D eigenvalue weighted by atomic mass is 32.1. The number of carbonyl (C=O) groups excluding carboxylic acids is 1. The monoisotopic (exact) mass is 432 g/mol. The first-order valence-electron chi connectivity index (χ1n) is 10.3. The topological polar surface area (TPSA) is 41.6 Å². The van der Waals surface area contributed by atoms with Gasteiger partial charge in [0.05, 0.1) is 12.2 Å². The molecule has 0 aliphatic heterocycles. The molecular formula is C23H32N2O2S2. The highest BCUT2D eigenvalue weighted by Gasteiger charge is 2.24. The average Bonchev–Trinajstić information content (AvgIpc) is 3.10. The lowest BCUT2D eigenvalue weighted by atomic mass is 10.1. The van der Waals surface area contributed by atoms with Crippen molar-refractivity contribution in [3.63, 3.8) is 0 Å². The van der Waals surface area contributed by atoms with E-state index < -0.39 is 0 Å². The molecule has 0 amide bonds. The molecule has 1 aromatic carbocycles. The number of benzene rings is 1. The zero-order chi connectivity index (χ0) is 21.4. The summed E-state index contributed by atoms with van der Waals surface area (Å²) in [5.41, 5.74) is 1.76. The Kier molecular flexibility index (Phi) is 9.11. The Morgan fingerprint density at radius 3 is 2.31 bits per heavy atom. The van der Waals surface area contributed by atoms with Gasteiger partial charge in [-0.1, -0.05) is 44.2 Å². The molecule has 1 N–H and O–H groups in total. The maximum Gasteiger partial charge on any atom is 0.341 e. The Labute approximate surface area is 184 Å². The Morgan fingerprint density at radius 2 is 1.76 bits per heavy atom. The minimum absolute atomic E-state index is 0.313. The van der Waals surface area contributed by atoms with Gasteiger partial charge in [-0.05, 0) is 57.5 Å². The van der Waals surface area contributed by atoms with E-state index in [0.29, 0.717) is 29.4 Å². The smallest absolute Gasteiger partial charge is 0.341 e. The minimum atomic E-state index is -0.313. The molecule has 0 spiro atoms. The molecule has 0 aliphatic carbocycles. The Hall–Kier alpha value is -1.92. The van der Waals surface area contributed by atoms with Gasteiger partial charge in [0.1, 0.15) is 5.00 Å². The van der Waals surface area contributed by atoms with E-state index in [9.17, 15) is 4.79 Å². The number of anilines is 1. The van der Waals surface area contributed by atoms with Crippen LogP contribution in [-0.2, 0) is 11.2 Å². The predicted octanol–water partition coefficient (Wildman–Crippen LogP) is 6.11. The van der Waals surface area contributed by atoms with Gasteiger partial charge in [0, 0.05) is 23.4 Å². The highest BCUT2D eigenvalue weighted by molar-refractivity contribution is 7.80. The van der Waals surface area contributed by atoms with Gasteiger partial charge in [0.15, 0.2) is 5.11 Å². The van der Waals surface area contributed by atoms with E-state index >= 15 is 0 Å². The molecule has 29 heavy (non-hydrogen) atoms. The minimum Gasteiger partial charge on any atom is -0.462 e. The van der Waals surface area contributed by atoms with Gasteiger partial charge in [-0.3, -0.25) is 0 Å². The summed E-state index contributed by atoms with van der Waals surface area (Å²) < 4.78 is 5.28. The van der Waals surface area contributed by atoms with Crippen molar-refractivity contribution in [3.8, 4) is 0 Å². The van der Waals surface area contributed by atoms with E-state index in [-0.39, 0.29) is 5.97 Å². The van der Waals surface area contributed by atoms with E-state index in [4.69, 9.17) is 17.0 Å². The maximum absolute atomic E-state index is 12.6. The number of rotatable bonds is 9. The lowest BCUT2D eigenvalue weighted by Crippen LogP contribution is -2.46. The van der Waals surface area contributed by atoms with Gasteiger partial charge < -0.3 is 15.0 Å². The van der Waals surface area contributed by atoms with E-state index in [1.807, 2.05) is 31.2 Å². The molecule has 1 heterocycles. The van der Waals surface area contributed by atoms with Crippen LogP contribution in [0.15, 0.2) is 36.4 Å². The number of ether oxygens (including phenoxy) is 1. The molecule has 0 saturated heterocycles. The second-order valence-electron chi connectivity index (χ2n) is 7.19. The number of hydrogen-bond donors (Lipinski definition) is 1. The first-order valence-corrected chi connectivity index (χ1v) is 11.6. The summed E-state index contributed by atoms with van der Waals surface area (Å²) in [4.78, 5) is 15.9. The van der Waals surface area contributed by atoms with Crippen LogP contribution < -0.4 is 5.32 Å². The third kappa shape index (κ3) is 6.28. The van der Waals surface area contributed by atoms with Crippen LogP contribution in [-0.4, -0.2) is 34.7 Å². The first-order chi connectivity index (χ1) is 13.9. The predicted molar refractivity (Wildman–Crippen MR) is 127 cm³/mol. The molecular weight excluding hydrogens is 400 g/mol. The first kappa shape index (κ1) is 23.4. The van der Waals surface area contributed by atoms with Crippen molar-refractivity contribution >= 4 is 39.6 Å². The number of nitrogens with one attached hydrogen (secondary N) is 1. The normalized spacial score (nSPS) is 12.9. The van der Waals surface area contributed by atoms with Gasteiger partial charge >= 0.3 is 5.97 Å². The molecule has 2 aromatic rings. The second-order valence-corrected chi connectivity index (χ2v) is 8.71. The second kappa shape index (κ2) is 11.3.